The van der Waals surface area contributed by atoms with Crippen LogP contribution in [-0.4, -0.2) is 41.5 Å². The number of oxazole rings is 1. The van der Waals surface area contributed by atoms with Gasteiger partial charge in [0.05, 0.1) is 0 Å². The summed E-state index contributed by atoms with van der Waals surface area (Å²) in [5.74, 6) is 0.556. The number of hydrogen-bond donors (Lipinski definition) is 1. The van der Waals surface area contributed by atoms with Crippen LogP contribution in [0.3, 0.4) is 0 Å². The van der Waals surface area contributed by atoms with E-state index >= 15 is 0 Å². The van der Waals surface area contributed by atoms with Gasteiger partial charge in [-0.15, -0.1) is 0 Å². The van der Waals surface area contributed by atoms with Crippen molar-refractivity contribution in [2.75, 3.05) is 19.6 Å². The summed E-state index contributed by atoms with van der Waals surface area (Å²) >= 11 is 0. The molecule has 2 heterocycles. The van der Waals surface area contributed by atoms with Crippen molar-refractivity contribution in [2.45, 2.75) is 19.9 Å². The molecule has 0 spiro atoms. The van der Waals surface area contributed by atoms with Crippen molar-refractivity contribution in [3.63, 3.8) is 0 Å². The summed E-state index contributed by atoms with van der Waals surface area (Å²) in [6, 6.07) is 0.343. The monoisotopic (exact) mass is 209 g/mol. The molecule has 1 aromatic rings. The SMILES string of the molecule is Cc1ocnc1C(=O)N1CCN[C@H](C)C1. The minimum atomic E-state index is -0.0328. The van der Waals surface area contributed by atoms with Gasteiger partial charge >= 0.3 is 0 Å². The van der Waals surface area contributed by atoms with Gasteiger partial charge < -0.3 is 14.6 Å². The van der Waals surface area contributed by atoms with Crippen LogP contribution in [0.2, 0.25) is 0 Å². The molecule has 0 bridgehead atoms. The van der Waals surface area contributed by atoms with E-state index in [2.05, 4.69) is 17.2 Å². The van der Waals surface area contributed by atoms with Crippen LogP contribution >= 0.6 is 0 Å². The Morgan fingerprint density at radius 2 is 2.53 bits per heavy atom. The highest BCUT2D eigenvalue weighted by Crippen LogP contribution is 2.10. The number of aromatic nitrogens is 1. The topological polar surface area (TPSA) is 58.4 Å². The fourth-order valence-electron chi connectivity index (χ4n) is 1.78. The molecule has 1 aliphatic heterocycles. The number of aryl methyl sites for hydroxylation is 1. The number of nitrogens with one attached hydrogen (secondary N) is 1. The van der Waals surface area contributed by atoms with Crippen molar-refractivity contribution >= 4 is 5.91 Å². The Kier molecular flexibility index (Phi) is 2.73. The van der Waals surface area contributed by atoms with Gasteiger partial charge in [-0.05, 0) is 13.8 Å². The molecule has 0 saturated carbocycles. The maximum Gasteiger partial charge on any atom is 0.276 e. The van der Waals surface area contributed by atoms with Gasteiger partial charge in [-0.1, -0.05) is 0 Å². The Bertz CT molecular complexity index is 361. The van der Waals surface area contributed by atoms with E-state index in [-0.39, 0.29) is 5.91 Å². The summed E-state index contributed by atoms with van der Waals surface area (Å²) in [5.41, 5.74) is 0.434. The summed E-state index contributed by atoms with van der Waals surface area (Å²) in [6.07, 6.45) is 1.31. The van der Waals surface area contributed by atoms with Crippen molar-refractivity contribution in [1.29, 1.82) is 0 Å². The molecule has 2 rings (SSSR count). The lowest BCUT2D eigenvalue weighted by Gasteiger charge is -2.31. The van der Waals surface area contributed by atoms with E-state index in [1.54, 1.807) is 6.92 Å². The number of carbonyl (C=O) groups excluding carboxylic acids is 1. The zero-order valence-corrected chi connectivity index (χ0v) is 8.99. The molecule has 1 N–H and O–H groups in total. The van der Waals surface area contributed by atoms with Crippen LogP contribution in [0, 0.1) is 6.92 Å². The lowest BCUT2D eigenvalue weighted by Crippen LogP contribution is -2.51. The number of nitrogens with zero attached hydrogens (tertiary/aromatic N) is 2. The van der Waals surface area contributed by atoms with Crippen molar-refractivity contribution in [3.8, 4) is 0 Å². The zero-order chi connectivity index (χ0) is 10.8. The molecule has 5 heteroatoms. The summed E-state index contributed by atoms with van der Waals surface area (Å²) in [5, 5.41) is 3.29. The van der Waals surface area contributed by atoms with Crippen LogP contribution in [0.15, 0.2) is 10.8 Å². The van der Waals surface area contributed by atoms with E-state index in [1.165, 1.54) is 6.39 Å². The molecule has 1 aromatic heterocycles. The number of hydrogen-bond acceptors (Lipinski definition) is 4. The lowest BCUT2D eigenvalue weighted by molar-refractivity contribution is 0.0702. The first kappa shape index (κ1) is 10.2. The molecule has 82 valence electrons. The van der Waals surface area contributed by atoms with E-state index < -0.39 is 0 Å². The van der Waals surface area contributed by atoms with Gasteiger partial charge in [0.15, 0.2) is 12.1 Å². The van der Waals surface area contributed by atoms with Crippen LogP contribution < -0.4 is 5.32 Å². The third-order valence-electron chi connectivity index (χ3n) is 2.60. The first-order chi connectivity index (χ1) is 7.18. The quantitative estimate of drug-likeness (QED) is 0.728. The molecule has 1 amide bonds. The lowest BCUT2D eigenvalue weighted by atomic mass is 10.2. The molecule has 1 saturated heterocycles. The minimum Gasteiger partial charge on any atom is -0.448 e. The summed E-state index contributed by atoms with van der Waals surface area (Å²) in [4.78, 5) is 17.8. The van der Waals surface area contributed by atoms with E-state index in [0.29, 0.717) is 17.5 Å². The predicted octanol–water partition coefficient (Wildman–Crippen LogP) is 0.417. The summed E-state index contributed by atoms with van der Waals surface area (Å²) in [7, 11) is 0. The largest absolute Gasteiger partial charge is 0.448 e. The number of piperazine rings is 1. The molecule has 0 aromatic carbocycles. The third kappa shape index (κ3) is 2.02. The van der Waals surface area contributed by atoms with Gasteiger partial charge in [-0.2, -0.15) is 0 Å². The number of carbonyl (C=O) groups is 1. The van der Waals surface area contributed by atoms with Gasteiger partial charge in [0.1, 0.15) is 5.76 Å². The highest BCUT2D eigenvalue weighted by atomic mass is 16.3. The van der Waals surface area contributed by atoms with E-state index in [9.17, 15) is 4.79 Å². The van der Waals surface area contributed by atoms with E-state index in [0.717, 1.165) is 19.6 Å². The fraction of sp³-hybridized carbons (Fsp3) is 0.600. The zero-order valence-electron chi connectivity index (χ0n) is 8.99. The van der Waals surface area contributed by atoms with E-state index in [1.807, 2.05) is 4.90 Å². The number of amides is 1. The molecule has 1 fully saturated rings. The molecule has 0 unspecified atom stereocenters. The Hall–Kier alpha value is -1.36. The van der Waals surface area contributed by atoms with Crippen molar-refractivity contribution in [2.24, 2.45) is 0 Å². The Balaban J connectivity index is 2.11. The van der Waals surface area contributed by atoms with Gasteiger partial charge in [0.25, 0.3) is 5.91 Å². The highest BCUT2D eigenvalue weighted by molar-refractivity contribution is 5.93. The van der Waals surface area contributed by atoms with Crippen molar-refractivity contribution in [1.82, 2.24) is 15.2 Å². The van der Waals surface area contributed by atoms with Crippen molar-refractivity contribution in [3.05, 3.63) is 17.8 Å². The van der Waals surface area contributed by atoms with E-state index in [4.69, 9.17) is 4.42 Å². The Morgan fingerprint density at radius 3 is 3.13 bits per heavy atom. The average Bonchev–Trinajstić information content (AvgIpc) is 2.63. The van der Waals surface area contributed by atoms with Gasteiger partial charge in [-0.3, -0.25) is 4.79 Å². The van der Waals surface area contributed by atoms with Crippen LogP contribution in [0.5, 0.6) is 0 Å². The predicted molar refractivity (Wildman–Crippen MR) is 54.6 cm³/mol. The highest BCUT2D eigenvalue weighted by Gasteiger charge is 2.24. The van der Waals surface area contributed by atoms with Crippen molar-refractivity contribution < 1.29 is 9.21 Å². The minimum absolute atomic E-state index is 0.0328. The fourth-order valence-corrected chi connectivity index (χ4v) is 1.78. The molecular formula is C10H15N3O2. The Morgan fingerprint density at radius 1 is 1.73 bits per heavy atom. The Labute approximate surface area is 88.5 Å². The smallest absolute Gasteiger partial charge is 0.276 e. The molecule has 5 nitrogen and oxygen atoms in total. The molecule has 0 aliphatic carbocycles. The molecule has 15 heavy (non-hydrogen) atoms. The normalized spacial score (nSPS) is 21.7. The van der Waals surface area contributed by atoms with Gasteiger partial charge in [0, 0.05) is 25.7 Å². The third-order valence-corrected chi connectivity index (χ3v) is 2.60. The molecule has 1 aliphatic rings. The summed E-state index contributed by atoms with van der Waals surface area (Å²) in [6.45, 7) is 6.12. The second-order valence-corrected chi connectivity index (χ2v) is 3.86. The summed E-state index contributed by atoms with van der Waals surface area (Å²) < 4.78 is 5.03. The average molecular weight is 209 g/mol. The van der Waals surface area contributed by atoms with Crippen LogP contribution in [0.1, 0.15) is 23.2 Å². The second-order valence-electron chi connectivity index (χ2n) is 3.86. The maximum absolute atomic E-state index is 12.0. The van der Waals surface area contributed by atoms with Crippen LogP contribution in [0.25, 0.3) is 0 Å². The molecule has 0 radical (unpaired) electrons. The molecule has 1 atom stereocenters. The van der Waals surface area contributed by atoms with Crippen LogP contribution in [0.4, 0.5) is 0 Å². The first-order valence-electron chi connectivity index (χ1n) is 5.11. The standard InChI is InChI=1S/C10H15N3O2/c1-7-5-13(4-3-11-7)10(14)9-8(2)15-6-12-9/h6-7,11H,3-5H2,1-2H3/t7-/m1/s1. The molecular weight excluding hydrogens is 194 g/mol. The number of rotatable bonds is 1. The van der Waals surface area contributed by atoms with Gasteiger partial charge in [0.2, 0.25) is 0 Å². The van der Waals surface area contributed by atoms with Gasteiger partial charge in [-0.25, -0.2) is 4.98 Å². The second kappa shape index (κ2) is 4.02. The first-order valence-corrected chi connectivity index (χ1v) is 5.11. The maximum atomic E-state index is 12.0. The van der Waals surface area contributed by atoms with Crippen LogP contribution in [-0.2, 0) is 0 Å².